The number of nitrogens with zero attached hydrogens (tertiary/aromatic N) is 1. The molecule has 1 fully saturated rings. The van der Waals surface area contributed by atoms with Crippen molar-refractivity contribution >= 4 is 39.0 Å². The third-order valence-electron chi connectivity index (χ3n) is 10.1. The van der Waals surface area contributed by atoms with E-state index in [1.54, 1.807) is 19.1 Å². The van der Waals surface area contributed by atoms with E-state index in [2.05, 4.69) is 21.8 Å². The molecule has 4 aliphatic rings. The van der Waals surface area contributed by atoms with E-state index in [9.17, 15) is 18.0 Å². The highest BCUT2D eigenvalue weighted by Crippen LogP contribution is 2.48. The molecule has 6 rings (SSSR count). The van der Waals surface area contributed by atoms with Gasteiger partial charge in [-0.15, -0.1) is 0 Å². The first-order valence-corrected chi connectivity index (χ1v) is 17.5. The van der Waals surface area contributed by atoms with Gasteiger partial charge in [0.1, 0.15) is 11.5 Å². The molecule has 0 unspecified atom stereocenters. The zero-order valence-corrected chi connectivity index (χ0v) is 25.9. The number of hydrogen-bond donors (Lipinski definition) is 1. The van der Waals surface area contributed by atoms with Crippen LogP contribution in [0, 0.1) is 17.8 Å². The molecule has 2 bridgehead atoms. The Bertz CT molecular complexity index is 1480. The number of sulfonamides is 1. The van der Waals surface area contributed by atoms with Crippen LogP contribution < -0.4 is 14.4 Å². The molecule has 0 radical (unpaired) electrons. The van der Waals surface area contributed by atoms with E-state index < -0.39 is 15.9 Å². The molecule has 1 N–H and O–H groups in total. The Morgan fingerprint density at radius 1 is 1.10 bits per heavy atom. The molecule has 42 heavy (non-hydrogen) atoms. The molecule has 226 valence electrons. The second-order valence-corrected chi connectivity index (χ2v) is 15.3. The van der Waals surface area contributed by atoms with Crippen LogP contribution in [0.15, 0.2) is 36.4 Å². The summed E-state index contributed by atoms with van der Waals surface area (Å²) in [6.45, 7) is 3.75. The molecule has 0 aromatic heterocycles. The molecular formula is C33H41ClN2O5S. The minimum Gasteiger partial charge on any atom is -0.490 e. The van der Waals surface area contributed by atoms with Crippen LogP contribution in [-0.2, 0) is 26.7 Å². The van der Waals surface area contributed by atoms with Crippen molar-refractivity contribution < 1.29 is 22.7 Å². The van der Waals surface area contributed by atoms with Crippen LogP contribution in [0.2, 0.25) is 5.02 Å². The molecule has 1 saturated carbocycles. The maximum absolute atomic E-state index is 13.2. The summed E-state index contributed by atoms with van der Waals surface area (Å²) >= 11 is 6.40. The molecule has 1 amide bonds. The number of nitrogens with one attached hydrogen (secondary N) is 1. The Hall–Kier alpha value is -2.58. The summed E-state index contributed by atoms with van der Waals surface area (Å²) in [6.07, 6.45) is 8.88. The van der Waals surface area contributed by atoms with Crippen molar-refractivity contribution in [3.63, 3.8) is 0 Å². The largest absolute Gasteiger partial charge is 0.490 e. The van der Waals surface area contributed by atoms with Crippen molar-refractivity contribution in [2.75, 3.05) is 30.3 Å². The minimum atomic E-state index is -3.76. The van der Waals surface area contributed by atoms with Crippen LogP contribution in [0.1, 0.15) is 86.2 Å². The number of carbonyl (C=O) groups is 2. The molecule has 2 aromatic carbocycles. The molecule has 0 saturated heterocycles. The van der Waals surface area contributed by atoms with Gasteiger partial charge in [-0.25, -0.2) is 13.1 Å². The topological polar surface area (TPSA) is 92.8 Å². The molecular weight excluding hydrogens is 572 g/mol. The molecule has 2 aromatic rings. The molecule has 4 atom stereocenters. The Morgan fingerprint density at radius 2 is 1.95 bits per heavy atom. The van der Waals surface area contributed by atoms with E-state index in [4.69, 9.17) is 16.3 Å². The number of halogens is 1. The van der Waals surface area contributed by atoms with Crippen LogP contribution in [0.5, 0.6) is 5.75 Å². The third-order valence-corrected chi connectivity index (χ3v) is 11.7. The number of amides is 1. The van der Waals surface area contributed by atoms with E-state index in [1.165, 1.54) is 11.1 Å². The lowest BCUT2D eigenvalue weighted by atomic mass is 9.64. The van der Waals surface area contributed by atoms with E-state index in [0.717, 1.165) is 75.2 Å². The van der Waals surface area contributed by atoms with E-state index in [-0.39, 0.29) is 17.0 Å². The molecule has 9 heteroatoms. The number of hydrogen-bond acceptors (Lipinski definition) is 6. The van der Waals surface area contributed by atoms with Crippen molar-refractivity contribution in [3.05, 3.63) is 58.1 Å². The lowest BCUT2D eigenvalue weighted by Crippen LogP contribution is -2.49. The summed E-state index contributed by atoms with van der Waals surface area (Å²) in [5.74, 6) is 1.45. The van der Waals surface area contributed by atoms with Crippen LogP contribution in [0.3, 0.4) is 0 Å². The van der Waals surface area contributed by atoms with Gasteiger partial charge in [-0.1, -0.05) is 30.5 Å². The Kier molecular flexibility index (Phi) is 8.31. The van der Waals surface area contributed by atoms with Gasteiger partial charge in [-0.2, -0.15) is 0 Å². The number of ketones is 1. The smallest absolute Gasteiger partial charge is 0.264 e. The summed E-state index contributed by atoms with van der Waals surface area (Å²) in [4.78, 5) is 27.8. The SMILES string of the molecule is CC(=O)C[C@@H]1CCCCCS(=O)(=O)NC(=O)c2ccc3c(c2)N(C[C@@H]2CC[C@@H]12)C[C@@]1(CCCc2cc(Cl)ccc21)CO3. The Morgan fingerprint density at radius 3 is 2.74 bits per heavy atom. The maximum Gasteiger partial charge on any atom is 0.264 e. The fourth-order valence-corrected chi connectivity index (χ4v) is 9.23. The minimum absolute atomic E-state index is 0.0890. The van der Waals surface area contributed by atoms with Gasteiger partial charge in [-0.3, -0.25) is 4.79 Å². The number of fused-ring (bicyclic) bond motifs is 4. The molecule has 1 spiro atoms. The summed E-state index contributed by atoms with van der Waals surface area (Å²) < 4.78 is 34.4. The van der Waals surface area contributed by atoms with Crippen molar-refractivity contribution in [2.45, 2.75) is 76.5 Å². The maximum atomic E-state index is 13.2. The number of benzene rings is 2. The molecule has 2 aliphatic heterocycles. The summed E-state index contributed by atoms with van der Waals surface area (Å²) in [7, 11) is -3.76. The molecule has 7 nitrogen and oxygen atoms in total. The average molecular weight is 613 g/mol. The zero-order chi connectivity index (χ0) is 29.5. The predicted molar refractivity (Wildman–Crippen MR) is 165 cm³/mol. The quantitative estimate of drug-likeness (QED) is 0.443. The Balaban J connectivity index is 1.41. The van der Waals surface area contributed by atoms with Gasteiger partial charge in [-0.05, 0) is 111 Å². The summed E-state index contributed by atoms with van der Waals surface area (Å²) in [5, 5.41) is 0.744. The predicted octanol–water partition coefficient (Wildman–Crippen LogP) is 6.07. The molecule has 2 heterocycles. The fraction of sp³-hybridized carbons (Fsp3) is 0.576. The van der Waals surface area contributed by atoms with Crippen molar-refractivity contribution in [2.24, 2.45) is 17.8 Å². The highest BCUT2D eigenvalue weighted by molar-refractivity contribution is 7.90. The highest BCUT2D eigenvalue weighted by Gasteiger charge is 2.44. The standard InChI is InChI=1S/C33H41ClN2O5S/c1-22(37)16-23-6-3-2-4-15-42(39,40)35-32(38)25-9-13-31-30(18-25)36(19-26-8-11-28(23)26)20-33(21-41-31)14-5-7-24-17-27(34)10-12-29(24)33/h9-10,12-13,17-18,23,26,28H,2-8,11,14-16,19-21H2,1H3,(H,35,38)/t23-,26-,28-,33-/m0/s1. The third kappa shape index (κ3) is 6.07. The van der Waals surface area contributed by atoms with E-state index in [1.807, 2.05) is 12.1 Å². The van der Waals surface area contributed by atoms with Crippen LogP contribution in [0.25, 0.3) is 0 Å². The van der Waals surface area contributed by atoms with Crippen LogP contribution >= 0.6 is 11.6 Å². The second kappa shape index (κ2) is 11.8. The lowest BCUT2D eigenvalue weighted by Gasteiger charge is -2.47. The first-order chi connectivity index (χ1) is 20.1. The van der Waals surface area contributed by atoms with E-state index >= 15 is 0 Å². The van der Waals surface area contributed by atoms with Crippen molar-refractivity contribution in [3.8, 4) is 5.75 Å². The van der Waals surface area contributed by atoms with E-state index in [0.29, 0.717) is 48.5 Å². The van der Waals surface area contributed by atoms with Crippen molar-refractivity contribution in [1.29, 1.82) is 0 Å². The average Bonchev–Trinajstić information content (AvgIpc) is 3.06. The number of rotatable bonds is 2. The summed E-state index contributed by atoms with van der Waals surface area (Å²) in [5.41, 5.74) is 3.46. The van der Waals surface area contributed by atoms with Gasteiger partial charge in [0.15, 0.2) is 0 Å². The number of ether oxygens (including phenoxy) is 1. The Labute approximate surface area is 254 Å². The highest BCUT2D eigenvalue weighted by atomic mass is 35.5. The number of aryl methyl sites for hydroxylation is 1. The monoisotopic (exact) mass is 612 g/mol. The zero-order valence-electron chi connectivity index (χ0n) is 24.4. The fourth-order valence-electron chi connectivity index (χ4n) is 7.94. The second-order valence-electron chi connectivity index (χ2n) is 13.1. The van der Waals surface area contributed by atoms with Crippen LogP contribution in [0.4, 0.5) is 5.69 Å². The first-order valence-electron chi connectivity index (χ1n) is 15.5. The number of Topliss-reactive ketones (excluding diaryl/α,β-unsaturated/α-hetero) is 1. The van der Waals surface area contributed by atoms with Gasteiger partial charge >= 0.3 is 0 Å². The lowest BCUT2D eigenvalue weighted by molar-refractivity contribution is -0.119. The van der Waals surface area contributed by atoms with Gasteiger partial charge < -0.3 is 14.4 Å². The summed E-state index contributed by atoms with van der Waals surface area (Å²) in [6, 6.07) is 11.5. The molecule has 2 aliphatic carbocycles. The van der Waals surface area contributed by atoms with Gasteiger partial charge in [0.05, 0.1) is 18.0 Å². The van der Waals surface area contributed by atoms with Crippen molar-refractivity contribution in [1.82, 2.24) is 4.72 Å². The number of anilines is 1. The normalized spacial score (nSPS) is 29.2. The number of carbonyl (C=O) groups excluding carboxylic acids is 2. The first kappa shape index (κ1) is 29.5. The van der Waals surface area contributed by atoms with Gasteiger partial charge in [0, 0.05) is 35.5 Å². The van der Waals surface area contributed by atoms with Crippen LogP contribution in [-0.4, -0.2) is 45.6 Å². The van der Waals surface area contributed by atoms with Gasteiger partial charge in [0.2, 0.25) is 10.0 Å². The van der Waals surface area contributed by atoms with Gasteiger partial charge in [0.25, 0.3) is 5.91 Å².